The Balaban J connectivity index is 2.47. The number of halogens is 1. The van der Waals surface area contributed by atoms with Crippen molar-refractivity contribution in [2.45, 2.75) is 18.8 Å². The molecule has 19 heavy (non-hydrogen) atoms. The predicted octanol–water partition coefficient (Wildman–Crippen LogP) is 2.36. The number of rotatable bonds is 3. The van der Waals surface area contributed by atoms with E-state index in [1.165, 1.54) is 14.2 Å². The minimum atomic E-state index is -0.908. The summed E-state index contributed by atoms with van der Waals surface area (Å²) in [6.45, 7) is 1.96. The molecule has 4 nitrogen and oxygen atoms in total. The lowest BCUT2D eigenvalue weighted by molar-refractivity contribution is -0.149. The van der Waals surface area contributed by atoms with Crippen molar-refractivity contribution >= 4 is 27.9 Å². The van der Waals surface area contributed by atoms with Crippen LogP contribution in [0.3, 0.4) is 0 Å². The third kappa shape index (κ3) is 2.16. The molecular weight excluding hydrogens is 312 g/mol. The number of ether oxygens (including phenoxy) is 2. The first-order valence-electron chi connectivity index (χ1n) is 5.90. The molecule has 0 aliphatic heterocycles. The van der Waals surface area contributed by atoms with Gasteiger partial charge in [-0.05, 0) is 30.5 Å². The van der Waals surface area contributed by atoms with E-state index in [4.69, 9.17) is 9.47 Å². The Morgan fingerprint density at radius 3 is 2.53 bits per heavy atom. The average molecular weight is 327 g/mol. The molecule has 2 atom stereocenters. The molecule has 1 fully saturated rings. The van der Waals surface area contributed by atoms with Crippen molar-refractivity contribution in [3.63, 3.8) is 0 Å². The van der Waals surface area contributed by atoms with Gasteiger partial charge in [0.1, 0.15) is 5.41 Å². The van der Waals surface area contributed by atoms with Crippen LogP contribution in [0.15, 0.2) is 22.7 Å². The molecule has 1 saturated carbocycles. The molecule has 1 aliphatic rings. The fourth-order valence-corrected chi connectivity index (χ4v) is 3.33. The normalized spacial score (nSPS) is 24.7. The molecule has 5 heteroatoms. The molecule has 102 valence electrons. The standard InChI is InChI=1S/C14H15BrO4/c1-8-4-5-9(11(15)6-8)14(13(17)19-3)7-10(14)12(16)18-2/h4-6,10H,7H2,1-3H3/t10-,14+/m1/s1. The summed E-state index contributed by atoms with van der Waals surface area (Å²) in [7, 11) is 2.66. The Labute approximate surface area is 120 Å². The molecule has 0 unspecified atom stereocenters. The SMILES string of the molecule is COC(=O)[C@H]1C[C@]1(C(=O)OC)c1ccc(C)cc1Br. The second-order valence-corrected chi connectivity index (χ2v) is 5.58. The van der Waals surface area contributed by atoms with Crippen molar-refractivity contribution in [2.24, 2.45) is 5.92 Å². The number of hydrogen-bond acceptors (Lipinski definition) is 4. The van der Waals surface area contributed by atoms with Gasteiger partial charge in [-0.15, -0.1) is 0 Å². The van der Waals surface area contributed by atoms with E-state index in [1.807, 2.05) is 25.1 Å². The third-order valence-electron chi connectivity index (χ3n) is 3.60. The Morgan fingerprint density at radius 1 is 1.32 bits per heavy atom. The van der Waals surface area contributed by atoms with E-state index in [1.54, 1.807) is 0 Å². The highest BCUT2D eigenvalue weighted by Crippen LogP contribution is 2.57. The van der Waals surface area contributed by atoms with Gasteiger partial charge in [-0.2, -0.15) is 0 Å². The maximum atomic E-state index is 12.1. The van der Waals surface area contributed by atoms with Gasteiger partial charge in [0, 0.05) is 4.47 Å². The second-order valence-electron chi connectivity index (χ2n) is 4.73. The summed E-state index contributed by atoms with van der Waals surface area (Å²) < 4.78 is 10.4. The molecule has 0 amide bonds. The van der Waals surface area contributed by atoms with Gasteiger partial charge in [0.15, 0.2) is 0 Å². The van der Waals surface area contributed by atoms with Crippen molar-refractivity contribution in [3.05, 3.63) is 33.8 Å². The fraction of sp³-hybridized carbons (Fsp3) is 0.429. The topological polar surface area (TPSA) is 52.6 Å². The molecule has 1 aromatic rings. The van der Waals surface area contributed by atoms with E-state index in [0.29, 0.717) is 6.42 Å². The minimum absolute atomic E-state index is 0.377. The van der Waals surface area contributed by atoms with Gasteiger partial charge in [0.2, 0.25) is 0 Å². The van der Waals surface area contributed by atoms with Crippen molar-refractivity contribution < 1.29 is 19.1 Å². The molecule has 2 rings (SSSR count). The average Bonchev–Trinajstić information content (AvgIpc) is 3.13. The van der Waals surface area contributed by atoms with Gasteiger partial charge in [0.05, 0.1) is 20.1 Å². The third-order valence-corrected chi connectivity index (χ3v) is 4.26. The summed E-state index contributed by atoms with van der Waals surface area (Å²) in [5.74, 6) is -1.24. The van der Waals surface area contributed by atoms with Crippen molar-refractivity contribution in [1.29, 1.82) is 0 Å². The number of hydrogen-bond donors (Lipinski definition) is 0. The van der Waals surface area contributed by atoms with Crippen LogP contribution in [-0.2, 0) is 24.5 Å². The molecule has 1 aromatic carbocycles. The van der Waals surface area contributed by atoms with Gasteiger partial charge in [-0.25, -0.2) is 0 Å². The monoisotopic (exact) mass is 326 g/mol. The minimum Gasteiger partial charge on any atom is -0.469 e. The van der Waals surface area contributed by atoms with E-state index < -0.39 is 17.3 Å². The van der Waals surface area contributed by atoms with Crippen LogP contribution in [0, 0.1) is 12.8 Å². The van der Waals surface area contributed by atoms with Crippen LogP contribution < -0.4 is 0 Å². The van der Waals surface area contributed by atoms with Crippen molar-refractivity contribution in [1.82, 2.24) is 0 Å². The number of carbonyl (C=O) groups is 2. The first kappa shape index (κ1) is 14.1. The fourth-order valence-electron chi connectivity index (χ4n) is 2.49. The Bertz CT molecular complexity index is 540. The second kappa shape index (κ2) is 4.96. The van der Waals surface area contributed by atoms with Gasteiger partial charge < -0.3 is 9.47 Å². The number of benzene rings is 1. The lowest BCUT2D eigenvalue weighted by atomic mass is 9.92. The van der Waals surface area contributed by atoms with E-state index >= 15 is 0 Å². The number of esters is 2. The zero-order chi connectivity index (χ0) is 14.2. The molecule has 0 aromatic heterocycles. The summed E-state index contributed by atoms with van der Waals surface area (Å²) in [6, 6.07) is 5.70. The van der Waals surface area contributed by atoms with Crippen LogP contribution in [0.5, 0.6) is 0 Å². The molecule has 0 radical (unpaired) electrons. The first-order valence-corrected chi connectivity index (χ1v) is 6.69. The molecule has 1 aliphatic carbocycles. The van der Waals surface area contributed by atoms with Crippen LogP contribution in [0.2, 0.25) is 0 Å². The summed E-state index contributed by atoms with van der Waals surface area (Å²) >= 11 is 3.46. The van der Waals surface area contributed by atoms with E-state index in [2.05, 4.69) is 15.9 Å². The van der Waals surface area contributed by atoms with Crippen LogP contribution in [-0.4, -0.2) is 26.2 Å². The van der Waals surface area contributed by atoms with E-state index in [9.17, 15) is 9.59 Å². The van der Waals surface area contributed by atoms with Crippen LogP contribution in [0.4, 0.5) is 0 Å². The maximum Gasteiger partial charge on any atom is 0.317 e. The summed E-state index contributed by atoms with van der Waals surface area (Å²) in [4.78, 5) is 23.8. The summed E-state index contributed by atoms with van der Waals surface area (Å²) in [6.07, 6.45) is 0.425. The summed E-state index contributed by atoms with van der Waals surface area (Å²) in [5.41, 5.74) is 0.945. The first-order chi connectivity index (χ1) is 8.97. The Morgan fingerprint density at radius 2 is 2.00 bits per heavy atom. The highest BCUT2D eigenvalue weighted by Gasteiger charge is 2.67. The largest absolute Gasteiger partial charge is 0.469 e. The molecule has 0 N–H and O–H groups in total. The van der Waals surface area contributed by atoms with E-state index in [-0.39, 0.29) is 5.97 Å². The smallest absolute Gasteiger partial charge is 0.317 e. The lowest BCUT2D eigenvalue weighted by Crippen LogP contribution is -2.28. The quantitative estimate of drug-likeness (QED) is 0.800. The molecular formula is C14H15BrO4. The van der Waals surface area contributed by atoms with Crippen LogP contribution >= 0.6 is 15.9 Å². The molecule has 0 spiro atoms. The zero-order valence-corrected chi connectivity index (χ0v) is 12.6. The van der Waals surface area contributed by atoms with Crippen molar-refractivity contribution in [3.8, 4) is 0 Å². The van der Waals surface area contributed by atoms with Crippen molar-refractivity contribution in [2.75, 3.05) is 14.2 Å². The molecule has 0 bridgehead atoms. The van der Waals surface area contributed by atoms with Gasteiger partial charge in [0.25, 0.3) is 0 Å². The highest BCUT2D eigenvalue weighted by molar-refractivity contribution is 9.10. The number of carbonyl (C=O) groups excluding carboxylic acids is 2. The Hall–Kier alpha value is -1.36. The number of aryl methyl sites for hydroxylation is 1. The maximum absolute atomic E-state index is 12.1. The van der Waals surface area contributed by atoms with Gasteiger partial charge in [-0.1, -0.05) is 28.1 Å². The zero-order valence-electron chi connectivity index (χ0n) is 11.0. The van der Waals surface area contributed by atoms with Gasteiger partial charge in [-0.3, -0.25) is 9.59 Å². The van der Waals surface area contributed by atoms with Crippen LogP contribution in [0.1, 0.15) is 17.5 Å². The Kier molecular flexibility index (Phi) is 3.67. The van der Waals surface area contributed by atoms with Crippen LogP contribution in [0.25, 0.3) is 0 Å². The molecule has 0 heterocycles. The lowest BCUT2D eigenvalue weighted by Gasteiger charge is -2.17. The molecule has 0 saturated heterocycles. The van der Waals surface area contributed by atoms with E-state index in [0.717, 1.165) is 15.6 Å². The number of methoxy groups -OCH3 is 2. The summed E-state index contributed by atoms with van der Waals surface area (Å²) in [5, 5.41) is 0. The highest BCUT2D eigenvalue weighted by atomic mass is 79.9. The van der Waals surface area contributed by atoms with Gasteiger partial charge >= 0.3 is 11.9 Å². The predicted molar refractivity (Wildman–Crippen MR) is 72.7 cm³/mol.